The number of methoxy groups -OCH3 is 1. The average Bonchev–Trinajstić information content (AvgIpc) is 2.97. The SMILES string of the molecule is C=CC1CC(C)CC(F)(F)C1(F)C=C.CC1CC(CCI)C(F)(CCI)C(F)(F)C1.COC(F)(F)C(F)(F)C(F)(F)C(F)(F)CCOC(F)(F)F. The number of hydrogen-bond acceptors (Lipinski definition) is 2. The van der Waals surface area contributed by atoms with Gasteiger partial charge in [-0.25, -0.2) is 26.3 Å². The predicted octanol–water partition coefficient (Wildman–Crippen LogP) is 12.8. The molecule has 0 radical (unpaired) electrons. The number of alkyl halides is 19. The second-order valence-electron chi connectivity index (χ2n) is 12.4. The summed E-state index contributed by atoms with van der Waals surface area (Å²) in [5.74, 6) is -27.3. The summed E-state index contributed by atoms with van der Waals surface area (Å²) in [7, 11) is -0.144. The van der Waals surface area contributed by atoms with Gasteiger partial charge < -0.3 is 4.74 Å². The van der Waals surface area contributed by atoms with E-state index in [0.29, 0.717) is 23.7 Å². The Labute approximate surface area is 312 Å². The van der Waals surface area contributed by atoms with Gasteiger partial charge in [-0.1, -0.05) is 71.7 Å². The molecule has 6 unspecified atom stereocenters. The summed E-state index contributed by atoms with van der Waals surface area (Å²) in [6, 6.07) is 0. The molecule has 2 nitrogen and oxygen atoms in total. The van der Waals surface area contributed by atoms with Crippen LogP contribution in [0.5, 0.6) is 0 Å². The van der Waals surface area contributed by atoms with Gasteiger partial charge in [0, 0.05) is 36.7 Å². The van der Waals surface area contributed by atoms with E-state index in [4.69, 9.17) is 0 Å². The second-order valence-corrected chi connectivity index (χ2v) is 14.6. The van der Waals surface area contributed by atoms with E-state index >= 15 is 0 Å². The number of hydrogen-bond donors (Lipinski definition) is 0. The molecule has 0 amide bonds. The fourth-order valence-electron chi connectivity index (χ4n) is 5.78. The Morgan fingerprint density at radius 1 is 0.745 bits per heavy atom. The summed E-state index contributed by atoms with van der Waals surface area (Å²) in [4.78, 5) is 0. The average molecular weight is 1010 g/mol. The lowest BCUT2D eigenvalue weighted by molar-refractivity contribution is -0.424. The van der Waals surface area contributed by atoms with Crippen molar-refractivity contribution >= 4 is 45.2 Å². The van der Waals surface area contributed by atoms with E-state index in [1.807, 2.05) is 22.6 Å². The van der Waals surface area contributed by atoms with Gasteiger partial charge in [0.15, 0.2) is 11.3 Å². The highest BCUT2D eigenvalue weighted by Crippen LogP contribution is 2.55. The first kappa shape index (κ1) is 50.7. The van der Waals surface area contributed by atoms with Crippen LogP contribution in [0.1, 0.15) is 58.8 Å². The molecular formula is C30H39F17I2O2. The Morgan fingerprint density at radius 2 is 1.24 bits per heavy atom. The third kappa shape index (κ3) is 11.8. The highest BCUT2D eigenvalue weighted by molar-refractivity contribution is 14.1. The first-order chi connectivity index (χ1) is 22.8. The van der Waals surface area contributed by atoms with E-state index < -0.39 is 84.7 Å². The molecule has 0 bridgehead atoms. The van der Waals surface area contributed by atoms with E-state index in [-0.39, 0.29) is 31.8 Å². The van der Waals surface area contributed by atoms with Crippen LogP contribution in [0, 0.1) is 23.7 Å². The zero-order chi connectivity index (χ0) is 40.7. The van der Waals surface area contributed by atoms with Gasteiger partial charge in [-0.3, -0.25) is 4.74 Å². The fourth-order valence-corrected chi connectivity index (χ4v) is 7.32. The normalized spacial score (nSPS) is 29.9. The lowest BCUT2D eigenvalue weighted by atomic mass is 9.68. The number of halogens is 19. The molecule has 0 aromatic heterocycles. The summed E-state index contributed by atoms with van der Waals surface area (Å²) >= 11 is 4.13. The van der Waals surface area contributed by atoms with Crippen molar-refractivity contribution in [3.05, 3.63) is 25.3 Å². The zero-order valence-electron chi connectivity index (χ0n) is 27.4. The van der Waals surface area contributed by atoms with Crippen LogP contribution >= 0.6 is 45.2 Å². The van der Waals surface area contributed by atoms with E-state index in [9.17, 15) is 74.6 Å². The van der Waals surface area contributed by atoms with Gasteiger partial charge in [0.1, 0.15) is 0 Å². The van der Waals surface area contributed by atoms with Gasteiger partial charge in [-0.2, -0.15) is 35.1 Å². The highest BCUT2D eigenvalue weighted by atomic mass is 127. The first-order valence-electron chi connectivity index (χ1n) is 15.0. The molecule has 0 aromatic rings. The van der Waals surface area contributed by atoms with E-state index in [1.54, 1.807) is 13.8 Å². The van der Waals surface area contributed by atoms with Crippen molar-refractivity contribution in [1.82, 2.24) is 0 Å². The number of rotatable bonds is 13. The van der Waals surface area contributed by atoms with E-state index in [2.05, 4.69) is 45.2 Å². The van der Waals surface area contributed by atoms with Gasteiger partial charge in [0.05, 0.1) is 6.61 Å². The van der Waals surface area contributed by atoms with E-state index in [0.717, 1.165) is 10.5 Å². The molecule has 304 valence electrons. The third-order valence-corrected chi connectivity index (χ3v) is 9.73. The van der Waals surface area contributed by atoms with Gasteiger partial charge in [-0.15, -0.1) is 19.8 Å². The maximum Gasteiger partial charge on any atom is 0.522 e. The van der Waals surface area contributed by atoms with Crippen molar-refractivity contribution in [1.29, 1.82) is 0 Å². The number of allylic oxidation sites excluding steroid dienone is 2. The standard InChI is InChI=1S/C11H17F3I2.C11H15F3.C8H7F11O2/c1-8-6-9(2-4-15)10(12,3-5-16)11(13,14)7-8;1-4-9-6-8(3)7-11(13,14)10(9,12)5-2;1-20-7(15,16)6(13,14)5(11,12)4(9,10)2-3-21-8(17,18)19/h8-9H,2-7H2,1H3;4-5,8-9H,1-2,6-7H2,3H3;2-3H2,1H3. The van der Waals surface area contributed by atoms with E-state index in [1.165, 1.54) is 6.08 Å². The van der Waals surface area contributed by atoms with Crippen LogP contribution in [0.2, 0.25) is 0 Å². The zero-order valence-corrected chi connectivity index (χ0v) is 31.8. The quantitative estimate of drug-likeness (QED) is 0.0792. The molecule has 2 aliphatic rings. The Hall–Kier alpha value is -0.330. The van der Waals surface area contributed by atoms with Crippen LogP contribution in [0.4, 0.5) is 74.6 Å². The van der Waals surface area contributed by atoms with Crippen molar-refractivity contribution in [2.75, 3.05) is 22.6 Å². The summed E-state index contributed by atoms with van der Waals surface area (Å²) in [5, 5.41) is 0. The van der Waals surface area contributed by atoms with Crippen molar-refractivity contribution in [3.8, 4) is 0 Å². The summed E-state index contributed by atoms with van der Waals surface area (Å²) in [5.41, 5.74) is -4.90. The molecule has 6 atom stereocenters. The smallest absolute Gasteiger partial charge is 0.319 e. The van der Waals surface area contributed by atoms with Crippen LogP contribution < -0.4 is 0 Å². The molecule has 0 saturated heterocycles. The van der Waals surface area contributed by atoms with Gasteiger partial charge in [0.2, 0.25) is 0 Å². The molecule has 2 saturated carbocycles. The topological polar surface area (TPSA) is 18.5 Å². The fraction of sp³-hybridized carbons (Fsp3) is 0.867. The molecule has 2 aliphatic carbocycles. The largest absolute Gasteiger partial charge is 0.522 e. The summed E-state index contributed by atoms with van der Waals surface area (Å²) in [6.45, 7) is 7.95. The third-order valence-electron chi connectivity index (χ3n) is 8.56. The van der Waals surface area contributed by atoms with Crippen LogP contribution in [0.3, 0.4) is 0 Å². The Morgan fingerprint density at radius 3 is 1.65 bits per heavy atom. The highest BCUT2D eigenvalue weighted by Gasteiger charge is 2.81. The summed E-state index contributed by atoms with van der Waals surface area (Å²) in [6.07, 6.45) is -11.2. The first-order valence-corrected chi connectivity index (χ1v) is 18.1. The van der Waals surface area contributed by atoms with Crippen LogP contribution in [-0.4, -0.2) is 76.0 Å². The minimum atomic E-state index is -6.69. The lowest BCUT2D eigenvalue weighted by Crippen LogP contribution is -2.62. The van der Waals surface area contributed by atoms with Crippen molar-refractivity contribution in [3.63, 3.8) is 0 Å². The maximum atomic E-state index is 14.6. The molecule has 0 spiro atoms. The molecule has 0 N–H and O–H groups in total. The molecule has 0 aliphatic heterocycles. The van der Waals surface area contributed by atoms with Gasteiger partial charge in [0.25, 0.3) is 11.8 Å². The molecule has 0 heterocycles. The van der Waals surface area contributed by atoms with Crippen LogP contribution in [0.15, 0.2) is 25.3 Å². The Balaban J connectivity index is 0.000000751. The van der Waals surface area contributed by atoms with Gasteiger partial charge >= 0.3 is 30.2 Å². The minimum absolute atomic E-state index is 0.0193. The molecule has 0 aromatic carbocycles. The Bertz CT molecular complexity index is 1100. The van der Waals surface area contributed by atoms with Crippen LogP contribution in [-0.2, 0) is 9.47 Å². The predicted molar refractivity (Wildman–Crippen MR) is 172 cm³/mol. The van der Waals surface area contributed by atoms with Crippen molar-refractivity contribution in [2.24, 2.45) is 23.7 Å². The number of ether oxygens (including phenoxy) is 2. The summed E-state index contributed by atoms with van der Waals surface area (Å²) < 4.78 is 226. The maximum absolute atomic E-state index is 14.6. The molecule has 51 heavy (non-hydrogen) atoms. The molecular weight excluding hydrogens is 969 g/mol. The van der Waals surface area contributed by atoms with Crippen molar-refractivity contribution < 1.29 is 84.1 Å². The molecule has 2 fully saturated rings. The lowest BCUT2D eigenvalue weighted by Gasteiger charge is -2.45. The molecule has 2 rings (SSSR count). The minimum Gasteiger partial charge on any atom is -0.319 e. The van der Waals surface area contributed by atoms with Crippen LogP contribution in [0.25, 0.3) is 0 Å². The van der Waals surface area contributed by atoms with Gasteiger partial charge in [-0.05, 0) is 53.9 Å². The second kappa shape index (κ2) is 18.5. The Kier molecular flexibility index (Phi) is 18.4. The van der Waals surface area contributed by atoms with Crippen molar-refractivity contribution in [2.45, 2.75) is 112 Å². The monoisotopic (exact) mass is 1010 g/mol. The molecule has 21 heteroatoms.